The summed E-state index contributed by atoms with van der Waals surface area (Å²) in [7, 11) is 2.18. The molecule has 4 nitrogen and oxygen atoms in total. The quantitative estimate of drug-likeness (QED) is 0.808. The van der Waals surface area contributed by atoms with Crippen LogP contribution in [0, 0.1) is 0 Å². The van der Waals surface area contributed by atoms with E-state index >= 15 is 0 Å². The lowest BCUT2D eigenvalue weighted by Gasteiger charge is -2.21. The van der Waals surface area contributed by atoms with Crippen molar-refractivity contribution in [1.82, 2.24) is 9.79 Å². The third-order valence-electron chi connectivity index (χ3n) is 5.02. The number of nitrogens with zero attached hydrogens (tertiary/aromatic N) is 3. The lowest BCUT2D eigenvalue weighted by molar-refractivity contribution is 0.236. The van der Waals surface area contributed by atoms with E-state index in [0.29, 0.717) is 6.04 Å². The molecule has 0 radical (unpaired) electrons. The van der Waals surface area contributed by atoms with Gasteiger partial charge in [0.1, 0.15) is 12.4 Å². The van der Waals surface area contributed by atoms with Crippen molar-refractivity contribution >= 4 is 13.7 Å². The minimum atomic E-state index is 0.537. The lowest BCUT2D eigenvalue weighted by Crippen LogP contribution is -2.31. The van der Waals surface area contributed by atoms with Crippen LogP contribution >= 0.6 is 0 Å². The van der Waals surface area contributed by atoms with Gasteiger partial charge in [0.15, 0.2) is 7.98 Å². The highest BCUT2D eigenvalue weighted by molar-refractivity contribution is 6.04. The molecule has 1 aromatic carbocycles. The minimum absolute atomic E-state index is 0.537. The van der Waals surface area contributed by atoms with Crippen molar-refractivity contribution in [2.24, 2.45) is 0 Å². The molecule has 0 unspecified atom stereocenters. The van der Waals surface area contributed by atoms with Crippen LogP contribution in [-0.2, 0) is 13.1 Å². The molecule has 1 aromatic heterocycles. The zero-order chi connectivity index (χ0) is 15.6. The third kappa shape index (κ3) is 3.06. The van der Waals surface area contributed by atoms with Gasteiger partial charge in [0.05, 0.1) is 18.1 Å². The summed E-state index contributed by atoms with van der Waals surface area (Å²) in [6.45, 7) is 3.83. The van der Waals surface area contributed by atoms with Gasteiger partial charge in [-0.1, -0.05) is 24.3 Å². The van der Waals surface area contributed by atoms with Crippen molar-refractivity contribution in [3.05, 3.63) is 53.9 Å². The first-order chi connectivity index (χ1) is 11.3. The first-order valence-electron chi connectivity index (χ1n) is 8.39. The average Bonchev–Trinajstić information content (AvgIpc) is 3.19. The van der Waals surface area contributed by atoms with E-state index in [4.69, 9.17) is 4.74 Å². The fourth-order valence-electron chi connectivity index (χ4n) is 3.56. The molecule has 2 aliphatic rings. The highest BCUT2D eigenvalue weighted by Gasteiger charge is 2.22. The van der Waals surface area contributed by atoms with Crippen LogP contribution in [-0.4, -0.2) is 37.0 Å². The summed E-state index contributed by atoms with van der Waals surface area (Å²) in [6, 6.07) is 11.3. The first-order valence-corrected chi connectivity index (χ1v) is 8.39. The van der Waals surface area contributed by atoms with E-state index in [2.05, 4.69) is 53.0 Å². The third-order valence-corrected chi connectivity index (χ3v) is 5.02. The van der Waals surface area contributed by atoms with Crippen molar-refractivity contribution in [2.75, 3.05) is 18.1 Å². The van der Waals surface area contributed by atoms with E-state index in [1.165, 1.54) is 30.5 Å². The van der Waals surface area contributed by atoms with E-state index in [0.717, 1.165) is 31.1 Å². The van der Waals surface area contributed by atoms with Gasteiger partial charge in [0, 0.05) is 25.2 Å². The molecule has 5 heteroatoms. The summed E-state index contributed by atoms with van der Waals surface area (Å²) in [5, 5.41) is 0. The maximum Gasteiger partial charge on any atom is 0.185 e. The molecule has 0 N–H and O–H groups in total. The molecule has 0 bridgehead atoms. The van der Waals surface area contributed by atoms with E-state index in [9.17, 15) is 0 Å². The molecule has 1 atom stereocenters. The molecule has 0 amide bonds. The number of rotatable bonds is 4. The maximum absolute atomic E-state index is 6.01. The van der Waals surface area contributed by atoms with Crippen molar-refractivity contribution in [1.29, 1.82) is 0 Å². The number of fused-ring (bicyclic) bond motifs is 1. The predicted molar refractivity (Wildman–Crippen MR) is 94.3 cm³/mol. The molecule has 0 saturated carbocycles. The van der Waals surface area contributed by atoms with Crippen molar-refractivity contribution < 1.29 is 4.74 Å². The Hall–Kier alpha value is -2.01. The van der Waals surface area contributed by atoms with Crippen molar-refractivity contribution in [3.8, 4) is 5.75 Å². The second-order valence-corrected chi connectivity index (χ2v) is 6.59. The van der Waals surface area contributed by atoms with Crippen LogP contribution in [0.15, 0.2) is 42.7 Å². The summed E-state index contributed by atoms with van der Waals surface area (Å²) >= 11 is 0. The number of hydrogen-bond donors (Lipinski definition) is 0. The number of aromatic nitrogens is 1. The van der Waals surface area contributed by atoms with Crippen LogP contribution in [0.4, 0.5) is 5.69 Å². The molecular formula is C18H22BN3O. The fourth-order valence-corrected chi connectivity index (χ4v) is 3.56. The fraction of sp³-hybridized carbons (Fsp3) is 0.389. The Labute approximate surface area is 138 Å². The second-order valence-electron chi connectivity index (χ2n) is 6.59. The molecule has 3 heterocycles. The summed E-state index contributed by atoms with van der Waals surface area (Å²) < 4.78 is 6.01. The largest absolute Gasteiger partial charge is 0.490 e. The summed E-state index contributed by atoms with van der Waals surface area (Å²) in [5.41, 5.74) is 3.95. The molecule has 1 fully saturated rings. The molecular weight excluding hydrogens is 285 g/mol. The van der Waals surface area contributed by atoms with E-state index in [-0.39, 0.29) is 0 Å². The monoisotopic (exact) mass is 307 g/mol. The number of benzene rings is 1. The second kappa shape index (κ2) is 6.24. The molecule has 118 valence electrons. The van der Waals surface area contributed by atoms with Crippen molar-refractivity contribution in [3.63, 3.8) is 0 Å². The van der Waals surface area contributed by atoms with Gasteiger partial charge in [-0.15, -0.1) is 0 Å². The van der Waals surface area contributed by atoms with E-state index in [1.54, 1.807) is 0 Å². The van der Waals surface area contributed by atoms with Gasteiger partial charge in [-0.25, -0.2) is 0 Å². The summed E-state index contributed by atoms with van der Waals surface area (Å²) in [4.78, 5) is 9.11. The van der Waals surface area contributed by atoms with Gasteiger partial charge in [0.2, 0.25) is 0 Å². The Bertz CT molecular complexity index is 668. The number of pyridine rings is 1. The first kappa shape index (κ1) is 14.6. The number of anilines is 1. The average molecular weight is 307 g/mol. The number of hydrogen-bond acceptors (Lipinski definition) is 4. The summed E-state index contributed by atoms with van der Waals surface area (Å²) in [6.07, 6.45) is 6.25. The zero-order valence-electron chi connectivity index (χ0n) is 13.6. The minimum Gasteiger partial charge on any atom is -0.490 e. The Morgan fingerprint density at radius 3 is 2.65 bits per heavy atom. The zero-order valence-corrected chi connectivity index (χ0v) is 13.6. The van der Waals surface area contributed by atoms with Crippen LogP contribution in [0.25, 0.3) is 0 Å². The van der Waals surface area contributed by atoms with Crippen LogP contribution in [0.1, 0.15) is 24.0 Å². The molecule has 0 aliphatic carbocycles. The number of ether oxygens (including phenoxy) is 1. The van der Waals surface area contributed by atoms with Crippen LogP contribution in [0.5, 0.6) is 5.75 Å². The van der Waals surface area contributed by atoms with Crippen molar-refractivity contribution in [2.45, 2.75) is 32.0 Å². The molecule has 2 aliphatic heterocycles. The van der Waals surface area contributed by atoms with Gasteiger partial charge in [-0.05, 0) is 30.5 Å². The van der Waals surface area contributed by atoms with E-state index < -0.39 is 0 Å². The molecule has 2 aromatic rings. The normalized spacial score (nSPS) is 20.7. The van der Waals surface area contributed by atoms with Gasteiger partial charge < -0.3 is 14.4 Å². The standard InChI is InChI=1S/C18H22BN3O/c19-22-7-3-6-16(22)13-23-18-8-17(9-20-10-18)21-11-14-4-1-2-5-15(14)12-21/h1-2,4-5,8-10,16H,3,6-7,11-13,19H2/t16-/m0/s1. The highest BCUT2D eigenvalue weighted by Crippen LogP contribution is 2.29. The van der Waals surface area contributed by atoms with Gasteiger partial charge >= 0.3 is 0 Å². The Kier molecular flexibility index (Phi) is 3.96. The topological polar surface area (TPSA) is 28.6 Å². The lowest BCUT2D eigenvalue weighted by atomic mass is 10.1. The Morgan fingerprint density at radius 1 is 1.17 bits per heavy atom. The van der Waals surface area contributed by atoms with Gasteiger partial charge in [-0.2, -0.15) is 0 Å². The Balaban J connectivity index is 1.43. The Morgan fingerprint density at radius 2 is 1.96 bits per heavy atom. The van der Waals surface area contributed by atoms with Crippen LogP contribution < -0.4 is 9.64 Å². The molecule has 23 heavy (non-hydrogen) atoms. The maximum atomic E-state index is 6.01. The summed E-state index contributed by atoms with van der Waals surface area (Å²) in [5.74, 6) is 0.874. The van der Waals surface area contributed by atoms with Crippen LogP contribution in [0.2, 0.25) is 0 Å². The van der Waals surface area contributed by atoms with Gasteiger partial charge in [0.25, 0.3) is 0 Å². The SMILES string of the molecule is BN1CCC[C@H]1COc1cncc(N2Cc3ccccc3C2)c1. The molecule has 1 saturated heterocycles. The molecule has 4 rings (SSSR count). The van der Waals surface area contributed by atoms with Gasteiger partial charge in [-0.3, -0.25) is 4.98 Å². The molecule has 0 spiro atoms. The predicted octanol–water partition coefficient (Wildman–Crippen LogP) is 1.99. The van der Waals surface area contributed by atoms with Crippen LogP contribution in [0.3, 0.4) is 0 Å². The van der Waals surface area contributed by atoms with E-state index in [1.807, 2.05) is 12.4 Å². The highest BCUT2D eigenvalue weighted by atomic mass is 16.5. The smallest absolute Gasteiger partial charge is 0.185 e.